The SMILES string of the molecule is CC(C)(C)n1nnc(C(=O)Nc2ccccc2NC(=O)Cc2cccs2)n1. The van der Waals surface area contributed by atoms with Crippen LogP contribution in [-0.4, -0.2) is 32.0 Å². The molecule has 0 fully saturated rings. The van der Waals surface area contributed by atoms with Gasteiger partial charge in [0.1, 0.15) is 0 Å². The van der Waals surface area contributed by atoms with Crippen molar-refractivity contribution >= 4 is 34.5 Å². The second-order valence-electron chi connectivity index (χ2n) is 6.88. The van der Waals surface area contributed by atoms with Crippen LogP contribution < -0.4 is 10.6 Å². The molecule has 2 N–H and O–H groups in total. The van der Waals surface area contributed by atoms with Crippen molar-refractivity contribution in [3.8, 4) is 0 Å². The molecule has 0 spiro atoms. The van der Waals surface area contributed by atoms with E-state index < -0.39 is 5.91 Å². The molecule has 9 heteroatoms. The van der Waals surface area contributed by atoms with Crippen molar-refractivity contribution in [2.75, 3.05) is 10.6 Å². The number of carbonyl (C=O) groups is 2. The average Bonchev–Trinajstić information content (AvgIpc) is 3.27. The van der Waals surface area contributed by atoms with Crippen LogP contribution in [0.3, 0.4) is 0 Å². The molecule has 8 nitrogen and oxygen atoms in total. The average molecular weight is 384 g/mol. The van der Waals surface area contributed by atoms with Gasteiger partial charge in [0.2, 0.25) is 5.91 Å². The molecule has 0 aliphatic rings. The maximum Gasteiger partial charge on any atom is 0.297 e. The number of tetrazole rings is 1. The highest BCUT2D eigenvalue weighted by atomic mass is 32.1. The molecule has 0 atom stereocenters. The van der Waals surface area contributed by atoms with Gasteiger partial charge in [-0.15, -0.1) is 21.5 Å². The first-order chi connectivity index (χ1) is 12.8. The first kappa shape index (κ1) is 18.7. The Balaban J connectivity index is 1.71. The van der Waals surface area contributed by atoms with E-state index in [9.17, 15) is 9.59 Å². The molecule has 0 saturated heterocycles. The maximum atomic E-state index is 12.4. The predicted octanol–water partition coefficient (Wildman–Crippen LogP) is 2.92. The first-order valence-electron chi connectivity index (χ1n) is 8.36. The summed E-state index contributed by atoms with van der Waals surface area (Å²) in [7, 11) is 0. The normalized spacial score (nSPS) is 11.2. The van der Waals surface area contributed by atoms with Gasteiger partial charge >= 0.3 is 0 Å². The van der Waals surface area contributed by atoms with E-state index in [-0.39, 0.29) is 23.7 Å². The lowest BCUT2D eigenvalue weighted by Crippen LogP contribution is -2.25. The molecule has 2 heterocycles. The molecule has 1 aromatic carbocycles. The Morgan fingerprint density at radius 1 is 1.07 bits per heavy atom. The molecule has 2 aromatic heterocycles. The summed E-state index contributed by atoms with van der Waals surface area (Å²) < 4.78 is 0. The molecule has 0 aliphatic heterocycles. The zero-order chi connectivity index (χ0) is 19.4. The van der Waals surface area contributed by atoms with Crippen molar-refractivity contribution in [2.45, 2.75) is 32.7 Å². The van der Waals surface area contributed by atoms with E-state index in [4.69, 9.17) is 0 Å². The molecule has 3 aromatic rings. The van der Waals surface area contributed by atoms with E-state index in [1.54, 1.807) is 24.3 Å². The monoisotopic (exact) mass is 384 g/mol. The van der Waals surface area contributed by atoms with Gasteiger partial charge in [-0.3, -0.25) is 9.59 Å². The first-order valence-corrected chi connectivity index (χ1v) is 9.24. The number of thiophene rings is 1. The standard InChI is InChI=1S/C18H20N6O2S/c1-18(2,3)24-22-16(21-23-24)17(26)20-14-9-5-4-8-13(14)19-15(25)11-12-7-6-10-27-12/h4-10H,11H2,1-3H3,(H,19,25)(H,20,26). The second kappa shape index (κ2) is 7.67. The minimum absolute atomic E-state index is 0.0374. The third kappa shape index (κ3) is 4.76. The van der Waals surface area contributed by atoms with Gasteiger partial charge < -0.3 is 10.6 Å². The predicted molar refractivity (Wildman–Crippen MR) is 104 cm³/mol. The fraction of sp³-hybridized carbons (Fsp3) is 0.278. The number of benzene rings is 1. The largest absolute Gasteiger partial charge is 0.324 e. The van der Waals surface area contributed by atoms with Crippen LogP contribution in [0.5, 0.6) is 0 Å². The maximum absolute atomic E-state index is 12.4. The Kier molecular flexibility index (Phi) is 5.31. The number of anilines is 2. The number of aromatic nitrogens is 4. The molecule has 0 aliphatic carbocycles. The van der Waals surface area contributed by atoms with Gasteiger partial charge in [0.05, 0.1) is 23.3 Å². The topological polar surface area (TPSA) is 102 Å². The number of para-hydroxylation sites is 2. The minimum Gasteiger partial charge on any atom is -0.324 e. The molecule has 3 rings (SSSR count). The lowest BCUT2D eigenvalue weighted by molar-refractivity contribution is -0.115. The van der Waals surface area contributed by atoms with Gasteiger partial charge in [0.25, 0.3) is 11.7 Å². The lowest BCUT2D eigenvalue weighted by Gasteiger charge is -2.15. The second-order valence-corrected chi connectivity index (χ2v) is 7.91. The Morgan fingerprint density at radius 3 is 2.37 bits per heavy atom. The molecule has 140 valence electrons. The fourth-order valence-electron chi connectivity index (χ4n) is 2.23. The van der Waals surface area contributed by atoms with E-state index in [2.05, 4.69) is 26.0 Å². The van der Waals surface area contributed by atoms with Crippen molar-refractivity contribution < 1.29 is 9.59 Å². The summed E-state index contributed by atoms with van der Waals surface area (Å²) in [6.45, 7) is 5.73. The molecule has 0 saturated carbocycles. The van der Waals surface area contributed by atoms with Crippen LogP contribution >= 0.6 is 11.3 Å². The van der Waals surface area contributed by atoms with E-state index in [0.29, 0.717) is 11.4 Å². The van der Waals surface area contributed by atoms with Crippen LogP contribution in [0.25, 0.3) is 0 Å². The van der Waals surface area contributed by atoms with E-state index in [1.165, 1.54) is 16.1 Å². The van der Waals surface area contributed by atoms with Gasteiger partial charge in [-0.25, -0.2) is 0 Å². The van der Waals surface area contributed by atoms with E-state index in [0.717, 1.165) is 4.88 Å². The minimum atomic E-state index is -0.495. The number of nitrogens with zero attached hydrogens (tertiary/aromatic N) is 4. The number of carbonyl (C=O) groups excluding carboxylic acids is 2. The van der Waals surface area contributed by atoms with Crippen molar-refractivity contribution in [3.63, 3.8) is 0 Å². The Labute approximate surface area is 160 Å². The fourth-order valence-corrected chi connectivity index (χ4v) is 2.94. The summed E-state index contributed by atoms with van der Waals surface area (Å²) in [5.74, 6) is -0.689. The van der Waals surface area contributed by atoms with Crippen LogP contribution in [0.1, 0.15) is 36.3 Å². The third-order valence-electron chi connectivity index (χ3n) is 3.58. The molecule has 2 amide bonds. The highest BCUT2D eigenvalue weighted by Crippen LogP contribution is 2.22. The summed E-state index contributed by atoms with van der Waals surface area (Å²) in [5, 5.41) is 19.3. The van der Waals surface area contributed by atoms with Crippen LogP contribution in [0.15, 0.2) is 41.8 Å². The Bertz CT molecular complexity index is 943. The summed E-state index contributed by atoms with van der Waals surface area (Å²) in [5.41, 5.74) is 0.601. The number of amides is 2. The third-order valence-corrected chi connectivity index (χ3v) is 4.46. The zero-order valence-corrected chi connectivity index (χ0v) is 16.1. The summed E-state index contributed by atoms with van der Waals surface area (Å²) in [4.78, 5) is 27.0. The molecular weight excluding hydrogens is 364 g/mol. The lowest BCUT2D eigenvalue weighted by atomic mass is 10.1. The number of hydrogen-bond donors (Lipinski definition) is 2. The van der Waals surface area contributed by atoms with Crippen molar-refractivity contribution in [1.29, 1.82) is 0 Å². The van der Waals surface area contributed by atoms with Crippen LogP contribution in [0.4, 0.5) is 11.4 Å². The van der Waals surface area contributed by atoms with Crippen LogP contribution in [0.2, 0.25) is 0 Å². The molecular formula is C18H20N6O2S. The Hall–Kier alpha value is -3.07. The summed E-state index contributed by atoms with van der Waals surface area (Å²) >= 11 is 1.52. The summed E-state index contributed by atoms with van der Waals surface area (Å²) in [6, 6.07) is 10.8. The smallest absolute Gasteiger partial charge is 0.297 e. The van der Waals surface area contributed by atoms with Crippen molar-refractivity contribution in [1.82, 2.24) is 20.2 Å². The van der Waals surface area contributed by atoms with Gasteiger partial charge in [0.15, 0.2) is 0 Å². The zero-order valence-electron chi connectivity index (χ0n) is 15.3. The molecule has 0 radical (unpaired) electrons. The molecule has 0 bridgehead atoms. The van der Waals surface area contributed by atoms with E-state index in [1.807, 2.05) is 38.3 Å². The highest BCUT2D eigenvalue weighted by Gasteiger charge is 2.21. The molecule has 27 heavy (non-hydrogen) atoms. The number of rotatable bonds is 5. The number of nitrogens with one attached hydrogen (secondary N) is 2. The van der Waals surface area contributed by atoms with Crippen molar-refractivity contribution in [3.05, 3.63) is 52.5 Å². The van der Waals surface area contributed by atoms with Gasteiger partial charge in [-0.2, -0.15) is 4.80 Å². The quantitative estimate of drug-likeness (QED) is 0.704. The van der Waals surface area contributed by atoms with Gasteiger partial charge in [-0.05, 0) is 49.6 Å². The van der Waals surface area contributed by atoms with Gasteiger partial charge in [-0.1, -0.05) is 18.2 Å². The Morgan fingerprint density at radius 2 is 1.78 bits per heavy atom. The number of hydrogen-bond acceptors (Lipinski definition) is 6. The molecule has 0 unspecified atom stereocenters. The summed E-state index contributed by atoms with van der Waals surface area (Å²) in [6.07, 6.45) is 0.279. The van der Waals surface area contributed by atoms with Crippen LogP contribution in [-0.2, 0) is 16.8 Å². The van der Waals surface area contributed by atoms with Crippen LogP contribution in [0, 0.1) is 0 Å². The van der Waals surface area contributed by atoms with E-state index >= 15 is 0 Å². The van der Waals surface area contributed by atoms with Crippen molar-refractivity contribution in [2.24, 2.45) is 0 Å². The van der Waals surface area contributed by atoms with Gasteiger partial charge in [0, 0.05) is 4.88 Å². The highest BCUT2D eigenvalue weighted by molar-refractivity contribution is 7.10.